The van der Waals surface area contributed by atoms with E-state index in [9.17, 15) is 4.79 Å². The number of anilines is 2. The van der Waals surface area contributed by atoms with E-state index in [0.717, 1.165) is 47.7 Å². The Morgan fingerprint density at radius 3 is 2.33 bits per heavy atom. The van der Waals surface area contributed by atoms with Crippen molar-refractivity contribution in [1.82, 2.24) is 14.5 Å². The Kier molecular flexibility index (Phi) is 5.73. The SMILES string of the molecule is CNc1cccc(-c2cccc(NC(=O)c3nc4c(n3C)CCN(C)C4)c2Cl)c1Cl. The summed E-state index contributed by atoms with van der Waals surface area (Å²) in [5, 5.41) is 6.99. The molecule has 1 aliphatic rings. The second kappa shape index (κ2) is 8.30. The molecule has 0 saturated heterocycles. The summed E-state index contributed by atoms with van der Waals surface area (Å²) in [6.07, 6.45) is 0.874. The summed E-state index contributed by atoms with van der Waals surface area (Å²) >= 11 is 13.2. The second-order valence-corrected chi connectivity index (χ2v) is 8.17. The molecule has 0 spiro atoms. The molecule has 0 aliphatic carbocycles. The van der Waals surface area contributed by atoms with Crippen molar-refractivity contribution in [2.45, 2.75) is 13.0 Å². The Bertz CT molecular complexity index is 1120. The van der Waals surface area contributed by atoms with Gasteiger partial charge in [-0.05, 0) is 19.2 Å². The maximum Gasteiger partial charge on any atom is 0.291 e. The van der Waals surface area contributed by atoms with Crippen LogP contribution in [0.4, 0.5) is 11.4 Å². The first kappa shape index (κ1) is 20.7. The summed E-state index contributed by atoms with van der Waals surface area (Å²) in [5.41, 5.74) is 4.92. The van der Waals surface area contributed by atoms with Gasteiger partial charge in [0.1, 0.15) is 0 Å². The van der Waals surface area contributed by atoms with Crippen molar-refractivity contribution < 1.29 is 4.79 Å². The summed E-state index contributed by atoms with van der Waals surface area (Å²) in [6.45, 7) is 1.70. The number of nitrogens with zero attached hydrogens (tertiary/aromatic N) is 3. The molecule has 0 radical (unpaired) electrons. The zero-order valence-electron chi connectivity index (χ0n) is 17.1. The highest BCUT2D eigenvalue weighted by Crippen LogP contribution is 2.40. The van der Waals surface area contributed by atoms with Gasteiger partial charge in [0.15, 0.2) is 5.82 Å². The van der Waals surface area contributed by atoms with Crippen molar-refractivity contribution in [2.75, 3.05) is 31.3 Å². The molecule has 8 heteroatoms. The predicted octanol–water partition coefficient (Wildman–Crippen LogP) is 4.68. The number of imidazole rings is 1. The van der Waals surface area contributed by atoms with E-state index < -0.39 is 0 Å². The number of rotatable bonds is 4. The molecule has 4 rings (SSSR count). The van der Waals surface area contributed by atoms with E-state index in [4.69, 9.17) is 23.2 Å². The van der Waals surface area contributed by atoms with Crippen LogP contribution in [0.3, 0.4) is 0 Å². The Hall–Kier alpha value is -2.54. The zero-order chi connectivity index (χ0) is 21.4. The Labute approximate surface area is 185 Å². The van der Waals surface area contributed by atoms with E-state index in [-0.39, 0.29) is 5.91 Å². The molecule has 2 heterocycles. The number of nitrogens with one attached hydrogen (secondary N) is 2. The molecule has 0 unspecified atom stereocenters. The normalized spacial score (nSPS) is 13.8. The second-order valence-electron chi connectivity index (χ2n) is 7.41. The van der Waals surface area contributed by atoms with Gasteiger partial charge in [-0.2, -0.15) is 0 Å². The minimum atomic E-state index is -0.288. The number of likely N-dealkylation sites (N-methyl/N-ethyl adjacent to an activating group) is 1. The van der Waals surface area contributed by atoms with Crippen molar-refractivity contribution in [2.24, 2.45) is 7.05 Å². The molecule has 0 atom stereocenters. The maximum absolute atomic E-state index is 13.0. The lowest BCUT2D eigenvalue weighted by Gasteiger charge is -2.21. The fraction of sp³-hybridized carbons (Fsp3) is 0.273. The number of amides is 1. The minimum Gasteiger partial charge on any atom is -0.387 e. The maximum atomic E-state index is 13.0. The van der Waals surface area contributed by atoms with Gasteiger partial charge >= 0.3 is 0 Å². The number of aromatic nitrogens is 2. The van der Waals surface area contributed by atoms with Crippen LogP contribution >= 0.6 is 23.2 Å². The van der Waals surface area contributed by atoms with Crippen LogP contribution in [0.25, 0.3) is 11.1 Å². The predicted molar refractivity (Wildman–Crippen MR) is 123 cm³/mol. The third-order valence-electron chi connectivity index (χ3n) is 5.45. The molecule has 2 aromatic carbocycles. The molecule has 3 aromatic rings. The Balaban J connectivity index is 1.66. The smallest absolute Gasteiger partial charge is 0.291 e. The van der Waals surface area contributed by atoms with Crippen LogP contribution in [0, 0.1) is 0 Å². The van der Waals surface area contributed by atoms with E-state index in [1.165, 1.54) is 0 Å². The van der Waals surface area contributed by atoms with Gasteiger partial charge in [0, 0.05) is 50.4 Å². The number of hydrogen-bond acceptors (Lipinski definition) is 4. The molecule has 6 nitrogen and oxygen atoms in total. The van der Waals surface area contributed by atoms with Gasteiger partial charge in [-0.15, -0.1) is 0 Å². The van der Waals surface area contributed by atoms with Crippen LogP contribution in [0.15, 0.2) is 36.4 Å². The quantitative estimate of drug-likeness (QED) is 0.614. The average Bonchev–Trinajstić information content (AvgIpc) is 3.06. The van der Waals surface area contributed by atoms with E-state index >= 15 is 0 Å². The van der Waals surface area contributed by atoms with Crippen LogP contribution in [0.2, 0.25) is 10.0 Å². The Morgan fingerprint density at radius 2 is 1.67 bits per heavy atom. The first-order valence-electron chi connectivity index (χ1n) is 9.70. The highest BCUT2D eigenvalue weighted by Gasteiger charge is 2.24. The summed E-state index contributed by atoms with van der Waals surface area (Å²) in [7, 11) is 5.75. The lowest BCUT2D eigenvalue weighted by molar-refractivity contribution is 0.101. The van der Waals surface area contributed by atoms with Gasteiger partial charge in [-0.25, -0.2) is 4.98 Å². The number of carbonyl (C=O) groups is 1. The zero-order valence-corrected chi connectivity index (χ0v) is 18.6. The van der Waals surface area contributed by atoms with E-state index in [1.54, 1.807) is 6.07 Å². The van der Waals surface area contributed by atoms with Gasteiger partial charge in [0.05, 0.1) is 27.1 Å². The van der Waals surface area contributed by atoms with Crippen LogP contribution in [-0.2, 0) is 20.0 Å². The van der Waals surface area contributed by atoms with E-state index in [1.807, 2.05) is 49.0 Å². The molecule has 0 fully saturated rings. The lowest BCUT2D eigenvalue weighted by atomic mass is 10.0. The van der Waals surface area contributed by atoms with Gasteiger partial charge in [-0.1, -0.05) is 47.5 Å². The molecule has 0 bridgehead atoms. The van der Waals surface area contributed by atoms with Crippen molar-refractivity contribution >= 4 is 40.5 Å². The van der Waals surface area contributed by atoms with Crippen molar-refractivity contribution in [3.8, 4) is 11.1 Å². The third-order valence-corrected chi connectivity index (χ3v) is 6.27. The average molecular weight is 444 g/mol. The highest BCUT2D eigenvalue weighted by atomic mass is 35.5. The van der Waals surface area contributed by atoms with Gasteiger partial charge in [0.25, 0.3) is 5.91 Å². The molecule has 30 heavy (non-hydrogen) atoms. The molecule has 1 aromatic heterocycles. The largest absolute Gasteiger partial charge is 0.387 e. The monoisotopic (exact) mass is 443 g/mol. The first-order valence-corrected chi connectivity index (χ1v) is 10.5. The number of hydrogen-bond donors (Lipinski definition) is 2. The van der Waals surface area contributed by atoms with Gasteiger partial charge < -0.3 is 20.1 Å². The van der Waals surface area contributed by atoms with Gasteiger partial charge in [-0.3, -0.25) is 4.79 Å². The molecule has 1 aliphatic heterocycles. The fourth-order valence-electron chi connectivity index (χ4n) is 3.81. The van der Waals surface area contributed by atoms with Crippen molar-refractivity contribution in [3.05, 3.63) is 63.7 Å². The van der Waals surface area contributed by atoms with Crippen molar-refractivity contribution in [1.29, 1.82) is 0 Å². The molecular weight excluding hydrogens is 421 g/mol. The fourth-order valence-corrected chi connectivity index (χ4v) is 4.41. The number of carbonyl (C=O) groups excluding carboxylic acids is 1. The van der Waals surface area contributed by atoms with Crippen LogP contribution in [0.1, 0.15) is 22.0 Å². The first-order chi connectivity index (χ1) is 14.4. The van der Waals surface area contributed by atoms with Crippen molar-refractivity contribution in [3.63, 3.8) is 0 Å². The van der Waals surface area contributed by atoms with Crippen LogP contribution in [0.5, 0.6) is 0 Å². The number of halogens is 2. The summed E-state index contributed by atoms with van der Waals surface area (Å²) in [5.74, 6) is 0.0932. The topological polar surface area (TPSA) is 62.2 Å². The Morgan fingerprint density at radius 1 is 1.03 bits per heavy atom. The molecule has 0 saturated carbocycles. The van der Waals surface area contributed by atoms with E-state index in [2.05, 4.69) is 27.6 Å². The molecule has 1 amide bonds. The molecular formula is C22H23Cl2N5O. The summed E-state index contributed by atoms with van der Waals surface area (Å²) < 4.78 is 1.88. The third kappa shape index (κ3) is 3.67. The summed E-state index contributed by atoms with van der Waals surface area (Å²) in [6, 6.07) is 11.2. The van der Waals surface area contributed by atoms with E-state index in [0.29, 0.717) is 21.6 Å². The number of fused-ring (bicyclic) bond motifs is 1. The lowest BCUT2D eigenvalue weighted by Crippen LogP contribution is -2.27. The van der Waals surface area contributed by atoms with Gasteiger partial charge in [0.2, 0.25) is 0 Å². The standard InChI is InChI=1S/C22H23Cl2N5O/c1-25-15-8-4-6-13(19(15)23)14-7-5-9-16(20(14)24)27-22(30)21-26-17-12-28(2)11-10-18(17)29(21)3/h4-9,25H,10-12H2,1-3H3,(H,27,30). The number of benzene rings is 2. The molecule has 2 N–H and O–H groups in total. The van der Waals surface area contributed by atoms with Crippen LogP contribution in [-0.4, -0.2) is 41.0 Å². The molecule has 156 valence electrons. The highest BCUT2D eigenvalue weighted by molar-refractivity contribution is 6.39. The van der Waals surface area contributed by atoms with Crippen LogP contribution < -0.4 is 10.6 Å². The summed E-state index contributed by atoms with van der Waals surface area (Å²) in [4.78, 5) is 19.8. The minimum absolute atomic E-state index is 0.288.